The number of halogens is 1. The Morgan fingerprint density at radius 3 is 2.93 bits per heavy atom. The van der Waals surface area contributed by atoms with Crippen LogP contribution in [0, 0.1) is 0 Å². The van der Waals surface area contributed by atoms with Gasteiger partial charge in [-0.2, -0.15) is 0 Å². The Morgan fingerprint density at radius 2 is 2.10 bits per heavy atom. The van der Waals surface area contributed by atoms with Crippen molar-refractivity contribution < 1.29 is 9.53 Å². The number of ether oxygens (including phenoxy) is 1. The van der Waals surface area contributed by atoms with E-state index in [0.29, 0.717) is 29.0 Å². The van der Waals surface area contributed by atoms with Gasteiger partial charge in [0.05, 0.1) is 18.9 Å². The van der Waals surface area contributed by atoms with Gasteiger partial charge in [0.15, 0.2) is 11.0 Å². The van der Waals surface area contributed by atoms with Crippen LogP contribution in [-0.2, 0) is 16.1 Å². The smallest absolute Gasteiger partial charge is 0.234 e. The molecule has 0 spiro atoms. The van der Waals surface area contributed by atoms with E-state index in [1.807, 2.05) is 35.0 Å². The van der Waals surface area contributed by atoms with Crippen LogP contribution in [-0.4, -0.2) is 45.1 Å². The van der Waals surface area contributed by atoms with Crippen LogP contribution >= 0.6 is 23.4 Å². The fraction of sp³-hybridized carbons (Fsp3) is 0.190. The molecule has 0 unspecified atom stereocenters. The van der Waals surface area contributed by atoms with E-state index in [0.717, 1.165) is 22.3 Å². The van der Waals surface area contributed by atoms with Crippen molar-refractivity contribution in [2.75, 3.05) is 24.8 Å². The third-order valence-electron chi connectivity index (χ3n) is 4.51. The molecule has 0 aliphatic heterocycles. The number of hydrogen-bond donors (Lipinski definition) is 2. The quantitative estimate of drug-likeness (QED) is 0.394. The average molecular weight is 442 g/mol. The lowest BCUT2D eigenvalue weighted by Gasteiger charge is -2.09. The van der Waals surface area contributed by atoms with Crippen molar-refractivity contribution in [2.45, 2.75) is 11.7 Å². The molecule has 2 aromatic heterocycles. The van der Waals surface area contributed by atoms with Crippen molar-refractivity contribution in [3.05, 3.63) is 59.8 Å². The van der Waals surface area contributed by atoms with Gasteiger partial charge in [-0.25, -0.2) is 0 Å². The zero-order valence-corrected chi connectivity index (χ0v) is 17.8. The number of amides is 1. The Hall–Kier alpha value is -2.81. The number of carbonyl (C=O) groups is 1. The Morgan fingerprint density at radius 1 is 1.23 bits per heavy atom. The van der Waals surface area contributed by atoms with Crippen LogP contribution in [0.1, 0.15) is 0 Å². The maximum absolute atomic E-state index is 12.4. The van der Waals surface area contributed by atoms with E-state index in [1.54, 1.807) is 31.4 Å². The number of para-hydroxylation sites is 1. The largest absolute Gasteiger partial charge is 0.383 e. The van der Waals surface area contributed by atoms with Crippen molar-refractivity contribution in [3.8, 4) is 11.4 Å². The van der Waals surface area contributed by atoms with Crippen LogP contribution < -0.4 is 5.32 Å². The molecular weight excluding hydrogens is 422 g/mol. The lowest BCUT2D eigenvalue weighted by Crippen LogP contribution is -2.15. The number of benzene rings is 2. The summed E-state index contributed by atoms with van der Waals surface area (Å²) < 4.78 is 7.24. The standard InChI is InChI=1S/C21H20ClN5O2S/c1-29-10-9-27-20(17-12-23-18-8-3-2-7-16(17)18)25-26-21(27)30-13-19(28)24-15-6-4-5-14(22)11-15/h2-8,11-12,23H,9-10,13H2,1H3,(H,24,28). The van der Waals surface area contributed by atoms with E-state index in [1.165, 1.54) is 11.8 Å². The minimum Gasteiger partial charge on any atom is -0.383 e. The van der Waals surface area contributed by atoms with Gasteiger partial charge in [0.2, 0.25) is 5.91 Å². The molecule has 0 saturated carbocycles. The Bertz CT molecular complexity index is 1170. The van der Waals surface area contributed by atoms with E-state index in [2.05, 4.69) is 20.5 Å². The molecule has 0 aliphatic rings. The van der Waals surface area contributed by atoms with Gasteiger partial charge < -0.3 is 15.0 Å². The van der Waals surface area contributed by atoms with Crippen molar-refractivity contribution >= 4 is 45.9 Å². The number of nitrogens with one attached hydrogen (secondary N) is 2. The molecule has 7 nitrogen and oxygen atoms in total. The summed E-state index contributed by atoms with van der Waals surface area (Å²) in [5.41, 5.74) is 2.65. The first-order valence-corrected chi connectivity index (χ1v) is 10.7. The summed E-state index contributed by atoms with van der Waals surface area (Å²) >= 11 is 7.30. The van der Waals surface area contributed by atoms with Crippen LogP contribution in [0.3, 0.4) is 0 Å². The van der Waals surface area contributed by atoms with Crippen molar-refractivity contribution in [2.24, 2.45) is 0 Å². The maximum atomic E-state index is 12.4. The molecule has 4 rings (SSSR count). The highest BCUT2D eigenvalue weighted by Gasteiger charge is 2.18. The van der Waals surface area contributed by atoms with Crippen molar-refractivity contribution in [1.82, 2.24) is 19.7 Å². The molecular formula is C21H20ClN5O2S. The molecule has 154 valence electrons. The fourth-order valence-electron chi connectivity index (χ4n) is 3.13. The highest BCUT2D eigenvalue weighted by molar-refractivity contribution is 7.99. The lowest BCUT2D eigenvalue weighted by molar-refractivity contribution is -0.113. The Labute approximate surface area is 182 Å². The number of hydrogen-bond acceptors (Lipinski definition) is 5. The average Bonchev–Trinajstić information content (AvgIpc) is 3.34. The van der Waals surface area contributed by atoms with Crippen LogP contribution in [0.25, 0.3) is 22.3 Å². The summed E-state index contributed by atoms with van der Waals surface area (Å²) in [6.07, 6.45) is 1.93. The van der Waals surface area contributed by atoms with E-state index in [9.17, 15) is 4.79 Å². The van der Waals surface area contributed by atoms with E-state index >= 15 is 0 Å². The number of aromatic nitrogens is 4. The number of fused-ring (bicyclic) bond motifs is 1. The predicted octanol–water partition coefficient (Wildman–Crippen LogP) is 4.46. The number of anilines is 1. The SMILES string of the molecule is COCCn1c(SCC(=O)Nc2cccc(Cl)c2)nnc1-c1c[nH]c2ccccc12. The van der Waals surface area contributed by atoms with E-state index < -0.39 is 0 Å². The number of aromatic amines is 1. The number of methoxy groups -OCH3 is 1. The Balaban J connectivity index is 1.54. The zero-order valence-electron chi connectivity index (χ0n) is 16.3. The van der Waals surface area contributed by atoms with E-state index in [4.69, 9.17) is 16.3 Å². The molecule has 0 radical (unpaired) electrons. The first-order chi connectivity index (χ1) is 14.7. The lowest BCUT2D eigenvalue weighted by atomic mass is 10.1. The van der Waals surface area contributed by atoms with Gasteiger partial charge in [0, 0.05) is 40.5 Å². The van der Waals surface area contributed by atoms with Crippen molar-refractivity contribution in [3.63, 3.8) is 0 Å². The molecule has 2 N–H and O–H groups in total. The number of rotatable bonds is 8. The topological polar surface area (TPSA) is 84.8 Å². The molecule has 30 heavy (non-hydrogen) atoms. The third kappa shape index (κ3) is 4.51. The molecule has 0 fully saturated rings. The first kappa shape index (κ1) is 20.5. The van der Waals surface area contributed by atoms with Crippen molar-refractivity contribution in [1.29, 1.82) is 0 Å². The van der Waals surface area contributed by atoms with Crippen LogP contribution in [0.2, 0.25) is 5.02 Å². The summed E-state index contributed by atoms with van der Waals surface area (Å²) in [5, 5.41) is 13.9. The van der Waals surface area contributed by atoms with Gasteiger partial charge >= 0.3 is 0 Å². The zero-order chi connectivity index (χ0) is 20.9. The second-order valence-electron chi connectivity index (χ2n) is 6.55. The highest BCUT2D eigenvalue weighted by Crippen LogP contribution is 2.30. The third-order valence-corrected chi connectivity index (χ3v) is 5.71. The minimum absolute atomic E-state index is 0.141. The van der Waals surface area contributed by atoms with Gasteiger partial charge in [-0.1, -0.05) is 47.6 Å². The van der Waals surface area contributed by atoms with Crippen LogP contribution in [0.15, 0.2) is 59.9 Å². The number of nitrogens with zero attached hydrogens (tertiary/aromatic N) is 3. The Kier molecular flexibility index (Phi) is 6.37. The highest BCUT2D eigenvalue weighted by atomic mass is 35.5. The summed E-state index contributed by atoms with van der Waals surface area (Å²) in [6.45, 7) is 1.09. The van der Waals surface area contributed by atoms with Gasteiger partial charge in [-0.05, 0) is 24.3 Å². The second kappa shape index (κ2) is 9.34. The summed E-state index contributed by atoms with van der Waals surface area (Å²) in [4.78, 5) is 15.6. The molecule has 0 atom stereocenters. The summed E-state index contributed by atoms with van der Waals surface area (Å²) in [6, 6.07) is 15.1. The summed E-state index contributed by atoms with van der Waals surface area (Å²) in [7, 11) is 1.65. The number of thioether (sulfide) groups is 1. The number of H-pyrrole nitrogens is 1. The molecule has 2 heterocycles. The molecule has 2 aromatic carbocycles. The molecule has 0 aliphatic carbocycles. The predicted molar refractivity (Wildman–Crippen MR) is 120 cm³/mol. The maximum Gasteiger partial charge on any atom is 0.234 e. The van der Waals surface area contributed by atoms with Gasteiger partial charge in [0.1, 0.15) is 0 Å². The van der Waals surface area contributed by atoms with E-state index in [-0.39, 0.29) is 11.7 Å². The van der Waals surface area contributed by atoms with Gasteiger partial charge in [-0.15, -0.1) is 10.2 Å². The monoisotopic (exact) mass is 441 g/mol. The first-order valence-electron chi connectivity index (χ1n) is 9.32. The molecule has 1 amide bonds. The molecule has 9 heteroatoms. The summed E-state index contributed by atoms with van der Waals surface area (Å²) in [5.74, 6) is 0.797. The van der Waals surface area contributed by atoms with Gasteiger partial charge in [0.25, 0.3) is 0 Å². The molecule has 0 bridgehead atoms. The normalized spacial score (nSPS) is 11.1. The van der Waals surface area contributed by atoms with Gasteiger partial charge in [-0.3, -0.25) is 9.36 Å². The molecule has 4 aromatic rings. The molecule has 0 saturated heterocycles. The second-order valence-corrected chi connectivity index (χ2v) is 7.92. The number of carbonyl (C=O) groups excluding carboxylic acids is 1. The fourth-order valence-corrected chi connectivity index (χ4v) is 4.08. The van der Waals surface area contributed by atoms with Crippen LogP contribution in [0.5, 0.6) is 0 Å². The van der Waals surface area contributed by atoms with Crippen LogP contribution in [0.4, 0.5) is 5.69 Å². The minimum atomic E-state index is -0.141.